The highest BCUT2D eigenvalue weighted by atomic mass is 16.5. The molecule has 1 saturated heterocycles. The van der Waals surface area contributed by atoms with E-state index >= 15 is 0 Å². The van der Waals surface area contributed by atoms with Crippen molar-refractivity contribution < 1.29 is 14.6 Å². The van der Waals surface area contributed by atoms with Crippen molar-refractivity contribution in [3.8, 4) is 0 Å². The second kappa shape index (κ2) is 6.55. The normalized spacial score (nSPS) is 27.9. The number of rotatable bonds is 5. The maximum Gasteiger partial charge on any atom is 0.309 e. The Balaban J connectivity index is 1.82. The molecular formula is C15H26O3. The molecule has 1 aliphatic carbocycles. The van der Waals surface area contributed by atoms with Crippen molar-refractivity contribution in [1.82, 2.24) is 0 Å². The van der Waals surface area contributed by atoms with E-state index in [0.29, 0.717) is 6.10 Å². The van der Waals surface area contributed by atoms with E-state index in [2.05, 4.69) is 0 Å². The Morgan fingerprint density at radius 3 is 2.44 bits per heavy atom. The van der Waals surface area contributed by atoms with Gasteiger partial charge in [0.2, 0.25) is 0 Å². The van der Waals surface area contributed by atoms with Crippen LogP contribution in [-0.4, -0.2) is 23.8 Å². The quantitative estimate of drug-likeness (QED) is 0.760. The van der Waals surface area contributed by atoms with E-state index in [4.69, 9.17) is 4.74 Å². The molecule has 1 aliphatic heterocycles. The molecule has 3 heteroatoms. The number of carboxylic acids is 1. The maximum absolute atomic E-state index is 11.6. The van der Waals surface area contributed by atoms with Crippen LogP contribution in [0.25, 0.3) is 0 Å². The Morgan fingerprint density at radius 1 is 1.17 bits per heavy atom. The van der Waals surface area contributed by atoms with Crippen molar-refractivity contribution in [2.24, 2.45) is 5.41 Å². The molecule has 0 amide bonds. The Hall–Kier alpha value is -0.570. The van der Waals surface area contributed by atoms with Gasteiger partial charge in [0.25, 0.3) is 0 Å². The Morgan fingerprint density at radius 2 is 1.89 bits per heavy atom. The summed E-state index contributed by atoms with van der Waals surface area (Å²) >= 11 is 0. The van der Waals surface area contributed by atoms with Gasteiger partial charge in [-0.15, -0.1) is 0 Å². The van der Waals surface area contributed by atoms with E-state index in [-0.39, 0.29) is 0 Å². The minimum absolute atomic E-state index is 0.404. The van der Waals surface area contributed by atoms with Gasteiger partial charge in [-0.3, -0.25) is 4.79 Å². The highest BCUT2D eigenvalue weighted by Crippen LogP contribution is 2.40. The van der Waals surface area contributed by atoms with Crippen LogP contribution in [0.5, 0.6) is 0 Å². The van der Waals surface area contributed by atoms with Gasteiger partial charge in [0.1, 0.15) is 0 Å². The zero-order valence-corrected chi connectivity index (χ0v) is 11.3. The van der Waals surface area contributed by atoms with Crippen LogP contribution in [0.3, 0.4) is 0 Å². The maximum atomic E-state index is 11.6. The summed E-state index contributed by atoms with van der Waals surface area (Å²) in [5.74, 6) is -0.559. The molecule has 18 heavy (non-hydrogen) atoms. The Labute approximate surface area is 110 Å². The van der Waals surface area contributed by atoms with Gasteiger partial charge < -0.3 is 9.84 Å². The molecule has 2 rings (SSSR count). The fourth-order valence-corrected chi connectivity index (χ4v) is 3.52. The largest absolute Gasteiger partial charge is 0.481 e. The number of carbonyl (C=O) groups is 1. The summed E-state index contributed by atoms with van der Waals surface area (Å²) in [7, 11) is 0. The molecular weight excluding hydrogens is 228 g/mol. The highest BCUT2D eigenvalue weighted by Gasteiger charge is 2.38. The van der Waals surface area contributed by atoms with Crippen LogP contribution in [0, 0.1) is 5.41 Å². The molecule has 2 fully saturated rings. The second-order valence-corrected chi connectivity index (χ2v) is 6.03. The lowest BCUT2D eigenvalue weighted by Gasteiger charge is -2.28. The van der Waals surface area contributed by atoms with Crippen LogP contribution in [0.1, 0.15) is 70.6 Å². The number of hydrogen-bond donors (Lipinski definition) is 1. The minimum Gasteiger partial charge on any atom is -0.481 e. The fraction of sp³-hybridized carbons (Fsp3) is 0.933. The minimum atomic E-state index is -0.559. The van der Waals surface area contributed by atoms with E-state index in [9.17, 15) is 9.90 Å². The van der Waals surface area contributed by atoms with Crippen molar-refractivity contribution in [3.63, 3.8) is 0 Å². The van der Waals surface area contributed by atoms with Gasteiger partial charge in [0.15, 0.2) is 0 Å². The lowest BCUT2D eigenvalue weighted by Crippen LogP contribution is -2.30. The van der Waals surface area contributed by atoms with E-state index in [1.165, 1.54) is 25.7 Å². The molecule has 0 bridgehead atoms. The molecule has 1 N–H and O–H groups in total. The van der Waals surface area contributed by atoms with Crippen LogP contribution in [0.2, 0.25) is 0 Å². The van der Waals surface area contributed by atoms with Crippen LogP contribution in [0.15, 0.2) is 0 Å². The first kappa shape index (κ1) is 13.9. The summed E-state index contributed by atoms with van der Waals surface area (Å²) in [5, 5.41) is 9.57. The van der Waals surface area contributed by atoms with Gasteiger partial charge in [-0.05, 0) is 44.9 Å². The molecule has 1 atom stereocenters. The van der Waals surface area contributed by atoms with Gasteiger partial charge in [-0.25, -0.2) is 0 Å². The monoisotopic (exact) mass is 254 g/mol. The van der Waals surface area contributed by atoms with Crippen molar-refractivity contribution in [1.29, 1.82) is 0 Å². The van der Waals surface area contributed by atoms with Crippen LogP contribution in [-0.2, 0) is 9.53 Å². The number of hydrogen-bond acceptors (Lipinski definition) is 2. The van der Waals surface area contributed by atoms with E-state index < -0.39 is 11.4 Å². The Bertz CT molecular complexity index is 261. The fourth-order valence-electron chi connectivity index (χ4n) is 3.52. The average molecular weight is 254 g/mol. The molecule has 1 saturated carbocycles. The van der Waals surface area contributed by atoms with E-state index in [1.54, 1.807) is 0 Å². The highest BCUT2D eigenvalue weighted by molar-refractivity contribution is 5.74. The smallest absolute Gasteiger partial charge is 0.309 e. The third kappa shape index (κ3) is 3.47. The lowest BCUT2D eigenvalue weighted by atomic mass is 9.76. The number of ether oxygens (including phenoxy) is 1. The summed E-state index contributed by atoms with van der Waals surface area (Å²) in [6, 6.07) is 0. The molecule has 2 aliphatic rings. The number of aliphatic carboxylic acids is 1. The summed E-state index contributed by atoms with van der Waals surface area (Å²) in [4.78, 5) is 11.6. The first-order chi connectivity index (χ1) is 8.73. The van der Waals surface area contributed by atoms with Crippen LogP contribution >= 0.6 is 0 Å². The summed E-state index contributed by atoms with van der Waals surface area (Å²) in [5.41, 5.74) is -0.422. The molecule has 1 unspecified atom stereocenters. The zero-order valence-electron chi connectivity index (χ0n) is 11.3. The van der Waals surface area contributed by atoms with Gasteiger partial charge in [0, 0.05) is 6.61 Å². The molecule has 0 aromatic carbocycles. The van der Waals surface area contributed by atoms with Crippen molar-refractivity contribution in [3.05, 3.63) is 0 Å². The lowest BCUT2D eigenvalue weighted by molar-refractivity contribution is -0.150. The van der Waals surface area contributed by atoms with Crippen molar-refractivity contribution in [2.75, 3.05) is 6.61 Å². The third-order valence-corrected chi connectivity index (χ3v) is 4.72. The van der Waals surface area contributed by atoms with Crippen molar-refractivity contribution in [2.45, 2.75) is 76.7 Å². The van der Waals surface area contributed by atoms with Gasteiger partial charge in [-0.1, -0.05) is 25.7 Å². The summed E-state index contributed by atoms with van der Waals surface area (Å²) < 4.78 is 5.61. The number of carboxylic acid groups (broad SMARTS) is 1. The molecule has 0 aromatic rings. The molecule has 0 aromatic heterocycles. The van der Waals surface area contributed by atoms with Gasteiger partial charge in [0.05, 0.1) is 11.5 Å². The molecule has 104 valence electrons. The topological polar surface area (TPSA) is 46.5 Å². The molecule has 3 nitrogen and oxygen atoms in total. The standard InChI is InChI=1S/C15H26O3/c16-14(17)15(9-3-1-2-4-10-15)11-5-7-13-8-6-12-18-13/h13H,1-12H2,(H,16,17). The average Bonchev–Trinajstić information content (AvgIpc) is 2.74. The van der Waals surface area contributed by atoms with Crippen LogP contribution < -0.4 is 0 Å². The third-order valence-electron chi connectivity index (χ3n) is 4.72. The summed E-state index contributed by atoms with van der Waals surface area (Å²) in [6.45, 7) is 0.898. The van der Waals surface area contributed by atoms with Crippen molar-refractivity contribution >= 4 is 5.97 Å². The molecule has 0 spiro atoms. The second-order valence-electron chi connectivity index (χ2n) is 6.03. The van der Waals surface area contributed by atoms with Gasteiger partial charge in [-0.2, -0.15) is 0 Å². The van der Waals surface area contributed by atoms with Crippen LogP contribution in [0.4, 0.5) is 0 Å². The Kier molecular flexibility index (Phi) is 5.04. The summed E-state index contributed by atoms with van der Waals surface area (Å²) in [6.07, 6.45) is 12.0. The van der Waals surface area contributed by atoms with E-state index in [1.807, 2.05) is 0 Å². The predicted octanol–water partition coefficient (Wildman–Crippen LogP) is 3.76. The SMILES string of the molecule is O=C(O)C1(CCCC2CCCO2)CCCCCC1. The first-order valence-electron chi connectivity index (χ1n) is 7.58. The van der Waals surface area contributed by atoms with E-state index in [0.717, 1.165) is 51.6 Å². The predicted molar refractivity (Wildman–Crippen MR) is 70.6 cm³/mol. The first-order valence-corrected chi connectivity index (χ1v) is 7.58. The molecule has 0 radical (unpaired) electrons. The zero-order chi connectivity index (χ0) is 12.8. The molecule has 1 heterocycles. The van der Waals surface area contributed by atoms with Gasteiger partial charge >= 0.3 is 5.97 Å².